The van der Waals surface area contributed by atoms with Gasteiger partial charge in [-0.1, -0.05) is 51.1 Å². The van der Waals surface area contributed by atoms with Crippen molar-refractivity contribution >= 4 is 5.96 Å². The smallest absolute Gasteiger partial charge is 0.186 e. The molecular weight excluding hydrogens is 314 g/mol. The van der Waals surface area contributed by atoms with Crippen LogP contribution in [0.25, 0.3) is 11.1 Å². The molecule has 0 amide bonds. The molecule has 0 atom stereocenters. The summed E-state index contributed by atoms with van der Waals surface area (Å²) in [6.07, 6.45) is 0. The Morgan fingerprint density at radius 1 is 1.00 bits per heavy atom. The highest BCUT2D eigenvalue weighted by Crippen LogP contribution is 2.31. The van der Waals surface area contributed by atoms with Crippen molar-refractivity contribution in [3.8, 4) is 11.1 Å². The van der Waals surface area contributed by atoms with Gasteiger partial charge in [0.05, 0.1) is 19.8 Å². The van der Waals surface area contributed by atoms with E-state index in [4.69, 9.17) is 11.5 Å². The van der Waals surface area contributed by atoms with Crippen LogP contribution in [0.3, 0.4) is 0 Å². The first-order valence-electron chi connectivity index (χ1n) is 8.29. The van der Waals surface area contributed by atoms with E-state index >= 15 is 0 Å². The summed E-state index contributed by atoms with van der Waals surface area (Å²) in [5.41, 5.74) is 16.3. The number of aliphatic hydroxyl groups excluding tert-OH is 2. The van der Waals surface area contributed by atoms with Crippen molar-refractivity contribution in [2.45, 2.75) is 45.9 Å². The van der Waals surface area contributed by atoms with Gasteiger partial charge in [0.2, 0.25) is 0 Å². The zero-order valence-electron chi connectivity index (χ0n) is 15.1. The molecule has 0 heterocycles. The van der Waals surface area contributed by atoms with E-state index in [0.717, 1.165) is 22.3 Å². The first kappa shape index (κ1) is 19.0. The molecule has 0 aromatic heterocycles. The molecule has 0 saturated heterocycles. The predicted octanol–water partition coefficient (Wildman–Crippen LogP) is 2.41. The number of aliphatic hydroxyl groups is 2. The van der Waals surface area contributed by atoms with Gasteiger partial charge in [-0.2, -0.15) is 0 Å². The van der Waals surface area contributed by atoms with Crippen molar-refractivity contribution in [1.29, 1.82) is 0 Å². The lowest BCUT2D eigenvalue weighted by atomic mass is 9.85. The largest absolute Gasteiger partial charge is 0.392 e. The third-order valence-electron chi connectivity index (χ3n) is 4.24. The van der Waals surface area contributed by atoms with E-state index in [9.17, 15) is 10.2 Å². The second kappa shape index (κ2) is 7.68. The summed E-state index contributed by atoms with van der Waals surface area (Å²) >= 11 is 0. The molecule has 2 aromatic carbocycles. The van der Waals surface area contributed by atoms with Crippen LogP contribution in [0.4, 0.5) is 0 Å². The Labute approximate surface area is 149 Å². The molecule has 0 radical (unpaired) electrons. The molecule has 0 aliphatic rings. The van der Waals surface area contributed by atoms with Gasteiger partial charge in [-0.3, -0.25) is 0 Å². The van der Waals surface area contributed by atoms with Gasteiger partial charge in [-0.15, -0.1) is 0 Å². The monoisotopic (exact) mass is 341 g/mol. The van der Waals surface area contributed by atoms with Gasteiger partial charge >= 0.3 is 0 Å². The lowest BCUT2D eigenvalue weighted by Gasteiger charge is -2.20. The van der Waals surface area contributed by atoms with Crippen molar-refractivity contribution in [3.05, 3.63) is 58.7 Å². The molecule has 0 unspecified atom stereocenters. The maximum absolute atomic E-state index is 9.81. The first-order chi connectivity index (χ1) is 11.8. The topological polar surface area (TPSA) is 105 Å². The van der Waals surface area contributed by atoms with E-state index in [2.05, 4.69) is 37.9 Å². The molecule has 6 N–H and O–H groups in total. The number of nitrogens with zero attached hydrogens (tertiary/aromatic N) is 1. The van der Waals surface area contributed by atoms with Crippen LogP contribution < -0.4 is 11.5 Å². The van der Waals surface area contributed by atoms with Crippen LogP contribution in [0.5, 0.6) is 0 Å². The summed E-state index contributed by atoms with van der Waals surface area (Å²) in [5.74, 6) is 0.0212. The number of aliphatic imine (C=N–C) groups is 1. The number of hydrogen-bond donors (Lipinski definition) is 4. The Bertz CT molecular complexity index is 756. The minimum Gasteiger partial charge on any atom is -0.392 e. The molecular formula is C20H27N3O2. The van der Waals surface area contributed by atoms with Crippen molar-refractivity contribution in [2.24, 2.45) is 16.5 Å². The third kappa shape index (κ3) is 4.59. The van der Waals surface area contributed by atoms with Crippen molar-refractivity contribution < 1.29 is 10.2 Å². The molecule has 0 aliphatic carbocycles. The van der Waals surface area contributed by atoms with Crippen LogP contribution in [-0.2, 0) is 25.2 Å². The summed E-state index contributed by atoms with van der Waals surface area (Å²) in [5, 5.41) is 19.5. The van der Waals surface area contributed by atoms with E-state index in [-0.39, 0.29) is 24.6 Å². The van der Waals surface area contributed by atoms with E-state index in [1.807, 2.05) is 24.3 Å². The molecule has 134 valence electrons. The molecule has 0 aliphatic heterocycles. The predicted molar refractivity (Wildman–Crippen MR) is 102 cm³/mol. The van der Waals surface area contributed by atoms with Crippen LogP contribution in [0.2, 0.25) is 0 Å². The molecule has 25 heavy (non-hydrogen) atoms. The molecule has 0 bridgehead atoms. The zero-order valence-corrected chi connectivity index (χ0v) is 15.1. The summed E-state index contributed by atoms with van der Waals surface area (Å²) in [6, 6.07) is 12.1. The Hall–Kier alpha value is -2.37. The molecule has 5 nitrogen and oxygen atoms in total. The van der Waals surface area contributed by atoms with E-state index in [0.29, 0.717) is 12.1 Å². The summed E-state index contributed by atoms with van der Waals surface area (Å²) < 4.78 is 0. The van der Waals surface area contributed by atoms with Gasteiger partial charge in [0.25, 0.3) is 0 Å². The maximum atomic E-state index is 9.81. The zero-order chi connectivity index (χ0) is 18.6. The molecule has 0 saturated carbocycles. The van der Waals surface area contributed by atoms with Crippen molar-refractivity contribution in [3.63, 3.8) is 0 Å². The second-order valence-corrected chi connectivity index (χ2v) is 7.17. The Balaban J connectivity index is 2.54. The molecule has 0 fully saturated rings. The molecule has 5 heteroatoms. The van der Waals surface area contributed by atoms with Crippen LogP contribution in [0.1, 0.15) is 43.0 Å². The highest BCUT2D eigenvalue weighted by molar-refractivity contribution is 5.76. The number of nitrogens with two attached hydrogens (primary N) is 2. The fourth-order valence-corrected chi connectivity index (χ4v) is 2.81. The fraction of sp³-hybridized carbons (Fsp3) is 0.350. The van der Waals surface area contributed by atoms with Crippen molar-refractivity contribution in [1.82, 2.24) is 0 Å². The summed E-state index contributed by atoms with van der Waals surface area (Å²) in [7, 11) is 0. The van der Waals surface area contributed by atoms with Gasteiger partial charge in [-0.05, 0) is 44.9 Å². The van der Waals surface area contributed by atoms with Crippen LogP contribution in [-0.4, -0.2) is 16.2 Å². The minimum atomic E-state index is -0.154. The lowest BCUT2D eigenvalue weighted by Crippen LogP contribution is -2.22. The minimum absolute atomic E-state index is 0.0212. The van der Waals surface area contributed by atoms with E-state index in [1.165, 1.54) is 5.56 Å². The Kier molecular flexibility index (Phi) is 5.82. The number of rotatable bonds is 5. The van der Waals surface area contributed by atoms with Gasteiger partial charge in [0.15, 0.2) is 5.96 Å². The van der Waals surface area contributed by atoms with E-state index in [1.54, 1.807) is 0 Å². The molecule has 0 spiro atoms. The molecule has 2 rings (SSSR count). The Morgan fingerprint density at radius 3 is 2.12 bits per heavy atom. The first-order valence-corrected chi connectivity index (χ1v) is 8.29. The van der Waals surface area contributed by atoms with Crippen LogP contribution >= 0.6 is 0 Å². The van der Waals surface area contributed by atoms with Crippen LogP contribution in [0.15, 0.2) is 41.4 Å². The van der Waals surface area contributed by atoms with Crippen molar-refractivity contribution in [2.75, 3.05) is 0 Å². The molecule has 2 aromatic rings. The highest BCUT2D eigenvalue weighted by atomic mass is 16.3. The quantitative estimate of drug-likeness (QED) is 0.495. The normalized spacial score (nSPS) is 11.4. The summed E-state index contributed by atoms with van der Waals surface area (Å²) in [6.45, 7) is 6.53. The standard InChI is InChI=1S/C20H27N3O2/c1-20(2,3)16-6-4-14(5-7-16)17-9-13(10-23-19(21)22)8-15(11-24)18(17)12-25/h4-9,24-25H,10-12H2,1-3H3,(H4,21,22,23). The lowest BCUT2D eigenvalue weighted by molar-refractivity contribution is 0.260. The SMILES string of the molecule is CC(C)(C)c1ccc(-c2cc(CN=C(N)N)cc(CO)c2CO)cc1. The summed E-state index contributed by atoms with van der Waals surface area (Å²) in [4.78, 5) is 4.04. The van der Waals surface area contributed by atoms with Crippen LogP contribution in [0, 0.1) is 0 Å². The highest BCUT2D eigenvalue weighted by Gasteiger charge is 2.15. The number of guanidine groups is 1. The number of hydrogen-bond acceptors (Lipinski definition) is 3. The van der Waals surface area contributed by atoms with Gasteiger partial charge in [0, 0.05) is 0 Å². The average Bonchev–Trinajstić information content (AvgIpc) is 2.58. The fourth-order valence-electron chi connectivity index (χ4n) is 2.81. The van der Waals surface area contributed by atoms with Gasteiger partial charge in [-0.25, -0.2) is 4.99 Å². The third-order valence-corrected chi connectivity index (χ3v) is 4.24. The average molecular weight is 341 g/mol. The Morgan fingerprint density at radius 2 is 1.64 bits per heavy atom. The second-order valence-electron chi connectivity index (χ2n) is 7.17. The van der Waals surface area contributed by atoms with E-state index < -0.39 is 0 Å². The number of benzene rings is 2. The van der Waals surface area contributed by atoms with Gasteiger partial charge in [0.1, 0.15) is 0 Å². The van der Waals surface area contributed by atoms with Gasteiger partial charge < -0.3 is 21.7 Å². The maximum Gasteiger partial charge on any atom is 0.186 e.